The van der Waals surface area contributed by atoms with Crippen molar-refractivity contribution in [2.45, 2.75) is 20.4 Å². The molecule has 1 heterocycles. The molecule has 5 nitrogen and oxygen atoms in total. The van der Waals surface area contributed by atoms with Crippen molar-refractivity contribution < 1.29 is 14.4 Å². The van der Waals surface area contributed by atoms with Gasteiger partial charge in [-0.05, 0) is 13.8 Å². The number of carboxylic acid groups (broad SMARTS) is 1. The normalized spacial score (nSPS) is 11.1. The van der Waals surface area contributed by atoms with Crippen LogP contribution in [0.3, 0.4) is 0 Å². The summed E-state index contributed by atoms with van der Waals surface area (Å²) in [5.74, 6) is -0.142. The summed E-state index contributed by atoms with van der Waals surface area (Å²) < 4.78 is 4.99. The van der Waals surface area contributed by atoms with Gasteiger partial charge in [0.05, 0.1) is 5.69 Å². The van der Waals surface area contributed by atoms with Crippen LogP contribution >= 0.6 is 0 Å². The molecular weight excluding hydrogens is 196 g/mol. The zero-order valence-electron chi connectivity index (χ0n) is 8.78. The van der Waals surface area contributed by atoms with Crippen LogP contribution < -0.4 is 5.32 Å². The van der Waals surface area contributed by atoms with E-state index in [1.54, 1.807) is 6.08 Å². The van der Waals surface area contributed by atoms with Crippen LogP contribution in [0.25, 0.3) is 0 Å². The van der Waals surface area contributed by atoms with Crippen LogP contribution in [0.15, 0.2) is 16.7 Å². The fraction of sp³-hybridized carbons (Fsp3) is 0.400. The van der Waals surface area contributed by atoms with Crippen molar-refractivity contribution in [3.63, 3.8) is 0 Å². The second-order valence-electron chi connectivity index (χ2n) is 3.17. The monoisotopic (exact) mass is 210 g/mol. The highest BCUT2D eigenvalue weighted by atomic mass is 16.5. The van der Waals surface area contributed by atoms with E-state index in [4.69, 9.17) is 9.63 Å². The Kier molecular flexibility index (Phi) is 4.05. The molecule has 0 spiro atoms. The zero-order valence-corrected chi connectivity index (χ0v) is 8.78. The van der Waals surface area contributed by atoms with E-state index in [0.717, 1.165) is 23.1 Å². The van der Waals surface area contributed by atoms with Gasteiger partial charge >= 0.3 is 5.97 Å². The number of hydrogen-bond donors (Lipinski definition) is 2. The van der Waals surface area contributed by atoms with Gasteiger partial charge in [0.15, 0.2) is 0 Å². The SMILES string of the molecule is Cc1noc(C)c1CNC/C=C/C(=O)O. The second-order valence-corrected chi connectivity index (χ2v) is 3.17. The first-order valence-electron chi connectivity index (χ1n) is 4.63. The third-order valence-electron chi connectivity index (χ3n) is 2.01. The number of nitrogens with one attached hydrogen (secondary N) is 1. The number of aryl methyl sites for hydroxylation is 2. The molecule has 0 bridgehead atoms. The number of nitrogens with zero attached hydrogens (tertiary/aromatic N) is 1. The molecule has 82 valence electrons. The number of aliphatic carboxylic acids is 1. The molecule has 5 heteroatoms. The van der Waals surface area contributed by atoms with Gasteiger partial charge in [-0.1, -0.05) is 11.2 Å². The molecule has 1 aromatic heterocycles. The van der Waals surface area contributed by atoms with E-state index < -0.39 is 5.97 Å². The van der Waals surface area contributed by atoms with Crippen LogP contribution in [0.1, 0.15) is 17.0 Å². The molecule has 0 fully saturated rings. The van der Waals surface area contributed by atoms with E-state index in [2.05, 4.69) is 10.5 Å². The maximum Gasteiger partial charge on any atom is 0.328 e. The van der Waals surface area contributed by atoms with Crippen LogP contribution in [0.2, 0.25) is 0 Å². The summed E-state index contributed by atoms with van der Waals surface area (Å²) in [7, 11) is 0. The van der Waals surface area contributed by atoms with Crippen molar-refractivity contribution in [1.29, 1.82) is 0 Å². The molecule has 0 saturated carbocycles. The van der Waals surface area contributed by atoms with Crippen LogP contribution in [0, 0.1) is 13.8 Å². The zero-order chi connectivity index (χ0) is 11.3. The topological polar surface area (TPSA) is 75.4 Å². The highest BCUT2D eigenvalue weighted by molar-refractivity contribution is 5.79. The lowest BCUT2D eigenvalue weighted by atomic mass is 10.2. The molecule has 1 aromatic rings. The van der Waals surface area contributed by atoms with E-state index >= 15 is 0 Å². The summed E-state index contributed by atoms with van der Waals surface area (Å²) in [4.78, 5) is 10.2. The summed E-state index contributed by atoms with van der Waals surface area (Å²) in [5.41, 5.74) is 1.89. The summed E-state index contributed by atoms with van der Waals surface area (Å²) in [6, 6.07) is 0. The van der Waals surface area contributed by atoms with Gasteiger partial charge in [0.1, 0.15) is 5.76 Å². The number of aromatic nitrogens is 1. The van der Waals surface area contributed by atoms with E-state index in [0.29, 0.717) is 13.1 Å². The first kappa shape index (κ1) is 11.5. The fourth-order valence-electron chi connectivity index (χ4n) is 1.19. The highest BCUT2D eigenvalue weighted by Gasteiger charge is 2.06. The third kappa shape index (κ3) is 3.55. The molecular formula is C10H14N2O3. The summed E-state index contributed by atoms with van der Waals surface area (Å²) >= 11 is 0. The highest BCUT2D eigenvalue weighted by Crippen LogP contribution is 2.10. The predicted molar refractivity (Wildman–Crippen MR) is 54.5 cm³/mol. The lowest BCUT2D eigenvalue weighted by Gasteiger charge is -1.99. The Morgan fingerprint density at radius 1 is 1.60 bits per heavy atom. The first-order valence-corrected chi connectivity index (χ1v) is 4.63. The van der Waals surface area contributed by atoms with Crippen molar-refractivity contribution in [3.05, 3.63) is 29.2 Å². The fourth-order valence-corrected chi connectivity index (χ4v) is 1.19. The van der Waals surface area contributed by atoms with Crippen LogP contribution in [-0.2, 0) is 11.3 Å². The third-order valence-corrected chi connectivity index (χ3v) is 2.01. The number of carboxylic acids is 1. The first-order chi connectivity index (χ1) is 7.11. The molecule has 0 amide bonds. The van der Waals surface area contributed by atoms with Gasteiger partial charge in [-0.2, -0.15) is 0 Å². The maximum atomic E-state index is 10.2. The molecule has 0 aromatic carbocycles. The van der Waals surface area contributed by atoms with Crippen molar-refractivity contribution in [2.75, 3.05) is 6.54 Å². The summed E-state index contributed by atoms with van der Waals surface area (Å²) in [5, 5.41) is 15.2. The van der Waals surface area contributed by atoms with Gasteiger partial charge in [-0.3, -0.25) is 0 Å². The molecule has 0 unspecified atom stereocenters. The van der Waals surface area contributed by atoms with E-state index in [1.165, 1.54) is 0 Å². The maximum absolute atomic E-state index is 10.2. The van der Waals surface area contributed by atoms with Crippen molar-refractivity contribution >= 4 is 5.97 Å². The Morgan fingerprint density at radius 3 is 2.87 bits per heavy atom. The molecule has 0 saturated heterocycles. The van der Waals surface area contributed by atoms with Crippen molar-refractivity contribution in [3.8, 4) is 0 Å². The van der Waals surface area contributed by atoms with Crippen LogP contribution in [0.4, 0.5) is 0 Å². The number of rotatable bonds is 5. The minimum Gasteiger partial charge on any atom is -0.478 e. The lowest BCUT2D eigenvalue weighted by Crippen LogP contribution is -2.14. The van der Waals surface area contributed by atoms with Crippen molar-refractivity contribution in [2.24, 2.45) is 0 Å². The molecule has 0 radical (unpaired) electrons. The Bertz CT molecular complexity index is 349. The Hall–Kier alpha value is -1.62. The van der Waals surface area contributed by atoms with E-state index in [1.807, 2.05) is 13.8 Å². The minimum absolute atomic E-state index is 0.510. The molecule has 0 aliphatic rings. The molecule has 1 rings (SSSR count). The molecule has 0 aliphatic carbocycles. The van der Waals surface area contributed by atoms with Gasteiger partial charge in [0.25, 0.3) is 0 Å². The Balaban J connectivity index is 2.35. The Labute approximate surface area is 87.8 Å². The molecule has 0 atom stereocenters. The van der Waals surface area contributed by atoms with Gasteiger partial charge < -0.3 is 14.9 Å². The largest absolute Gasteiger partial charge is 0.478 e. The van der Waals surface area contributed by atoms with E-state index in [9.17, 15) is 4.79 Å². The summed E-state index contributed by atoms with van der Waals surface area (Å²) in [6.07, 6.45) is 2.67. The van der Waals surface area contributed by atoms with E-state index in [-0.39, 0.29) is 0 Å². The average molecular weight is 210 g/mol. The van der Waals surface area contributed by atoms with Gasteiger partial charge in [-0.25, -0.2) is 4.79 Å². The van der Waals surface area contributed by atoms with Crippen LogP contribution in [0.5, 0.6) is 0 Å². The molecule has 0 aliphatic heterocycles. The number of carbonyl (C=O) groups is 1. The minimum atomic E-state index is -0.936. The Morgan fingerprint density at radius 2 is 2.33 bits per heavy atom. The lowest BCUT2D eigenvalue weighted by molar-refractivity contribution is -0.131. The molecule has 15 heavy (non-hydrogen) atoms. The standard InChI is InChI=1S/C10H14N2O3/c1-7-9(8(2)15-12-7)6-11-5-3-4-10(13)14/h3-4,11H,5-6H2,1-2H3,(H,13,14)/b4-3+. The number of hydrogen-bond acceptors (Lipinski definition) is 4. The van der Waals surface area contributed by atoms with Gasteiger partial charge in [0, 0.05) is 24.7 Å². The van der Waals surface area contributed by atoms with Crippen molar-refractivity contribution in [1.82, 2.24) is 10.5 Å². The summed E-state index contributed by atoms with van der Waals surface area (Å²) in [6.45, 7) is 4.87. The smallest absolute Gasteiger partial charge is 0.328 e. The second kappa shape index (κ2) is 5.31. The predicted octanol–water partition coefficient (Wildman–Crippen LogP) is 1.02. The van der Waals surface area contributed by atoms with Crippen LogP contribution in [-0.4, -0.2) is 22.8 Å². The quantitative estimate of drug-likeness (QED) is 0.560. The van der Waals surface area contributed by atoms with Gasteiger partial charge in [0.2, 0.25) is 0 Å². The average Bonchev–Trinajstić information content (AvgIpc) is 2.47. The molecule has 2 N–H and O–H groups in total. The van der Waals surface area contributed by atoms with Gasteiger partial charge in [-0.15, -0.1) is 0 Å².